The van der Waals surface area contributed by atoms with E-state index < -0.39 is 8.07 Å². The standard InChI is InChI=1S/C17H32Si/c1-5-15-9-16(6-2)11-17(7-3,10-15)14-18(8-4,12-15)13-16/h5-14H2,1-4H3. The van der Waals surface area contributed by atoms with Crippen molar-refractivity contribution in [3.05, 3.63) is 0 Å². The molecule has 0 aromatic carbocycles. The van der Waals surface area contributed by atoms with E-state index in [1.165, 1.54) is 19.3 Å². The van der Waals surface area contributed by atoms with Crippen LogP contribution in [0.3, 0.4) is 0 Å². The van der Waals surface area contributed by atoms with Gasteiger partial charge in [-0.05, 0) is 35.5 Å². The molecule has 18 heavy (non-hydrogen) atoms. The highest BCUT2D eigenvalue weighted by molar-refractivity contribution is 6.80. The monoisotopic (exact) mass is 264 g/mol. The zero-order chi connectivity index (χ0) is 13.1. The van der Waals surface area contributed by atoms with Gasteiger partial charge in [0.25, 0.3) is 0 Å². The van der Waals surface area contributed by atoms with Crippen LogP contribution in [0.2, 0.25) is 24.2 Å². The van der Waals surface area contributed by atoms with Crippen LogP contribution in [0.1, 0.15) is 66.2 Å². The van der Waals surface area contributed by atoms with E-state index in [4.69, 9.17) is 0 Å². The van der Waals surface area contributed by atoms with Gasteiger partial charge in [-0.1, -0.05) is 71.1 Å². The lowest BCUT2D eigenvalue weighted by molar-refractivity contribution is -0.0501. The molecule has 0 amide bonds. The van der Waals surface area contributed by atoms with E-state index in [1.807, 2.05) is 0 Å². The largest absolute Gasteiger partial charge is 0.0678 e. The molecule has 0 aromatic rings. The minimum absolute atomic E-state index is 0.795. The minimum atomic E-state index is -0.900. The summed E-state index contributed by atoms with van der Waals surface area (Å²) in [4.78, 5) is 0. The van der Waals surface area contributed by atoms with Crippen LogP contribution >= 0.6 is 0 Å². The molecule has 1 saturated carbocycles. The molecule has 0 aromatic heterocycles. The van der Waals surface area contributed by atoms with Crippen LogP contribution < -0.4 is 0 Å². The molecule has 0 N–H and O–H groups in total. The first-order valence-corrected chi connectivity index (χ1v) is 11.3. The SMILES string of the molecule is CCC12CC3(CC)CC(CC)(C1)C[Si](CC)(C2)C3. The summed E-state index contributed by atoms with van der Waals surface area (Å²) in [5.74, 6) is 0. The van der Waals surface area contributed by atoms with Crippen molar-refractivity contribution >= 4 is 8.07 Å². The normalized spacial score (nSPS) is 54.0. The second-order valence-corrected chi connectivity index (χ2v) is 13.2. The van der Waals surface area contributed by atoms with Crippen molar-refractivity contribution in [2.75, 3.05) is 0 Å². The van der Waals surface area contributed by atoms with E-state index in [-0.39, 0.29) is 0 Å². The van der Waals surface area contributed by atoms with Gasteiger partial charge in [-0.25, -0.2) is 0 Å². The Kier molecular flexibility index (Phi) is 2.84. The topological polar surface area (TPSA) is 0 Å². The van der Waals surface area contributed by atoms with Crippen molar-refractivity contribution in [1.82, 2.24) is 0 Å². The summed E-state index contributed by atoms with van der Waals surface area (Å²) < 4.78 is 0. The molecule has 0 atom stereocenters. The first-order valence-electron chi connectivity index (χ1n) is 8.49. The summed E-state index contributed by atoms with van der Waals surface area (Å²) in [6.45, 7) is 10.0. The maximum absolute atomic E-state index is 2.54. The zero-order valence-corrected chi connectivity index (χ0v) is 14.1. The Morgan fingerprint density at radius 1 is 0.667 bits per heavy atom. The molecule has 0 radical (unpaired) electrons. The fourth-order valence-corrected chi connectivity index (χ4v) is 14.4. The van der Waals surface area contributed by atoms with E-state index in [0.717, 1.165) is 16.2 Å². The van der Waals surface area contributed by atoms with E-state index in [0.29, 0.717) is 0 Å². The summed E-state index contributed by atoms with van der Waals surface area (Å²) in [6, 6.07) is 6.70. The van der Waals surface area contributed by atoms with Gasteiger partial charge in [0.15, 0.2) is 0 Å². The first kappa shape index (κ1) is 13.2. The number of hydrogen-bond donors (Lipinski definition) is 0. The number of rotatable bonds is 4. The first-order chi connectivity index (χ1) is 8.49. The molecule has 0 unspecified atom stereocenters. The summed E-state index contributed by atoms with van der Waals surface area (Å²) in [7, 11) is -0.900. The van der Waals surface area contributed by atoms with Gasteiger partial charge in [0.1, 0.15) is 0 Å². The van der Waals surface area contributed by atoms with Crippen molar-refractivity contribution in [3.8, 4) is 0 Å². The molecule has 4 bridgehead atoms. The quantitative estimate of drug-likeness (QED) is 0.558. The maximum atomic E-state index is 2.54. The lowest BCUT2D eigenvalue weighted by atomic mass is 9.51. The van der Waals surface area contributed by atoms with E-state index in [2.05, 4.69) is 27.7 Å². The van der Waals surface area contributed by atoms with Gasteiger partial charge in [-0.3, -0.25) is 0 Å². The predicted octanol–water partition coefficient (Wildman–Crippen LogP) is 5.86. The van der Waals surface area contributed by atoms with Crippen LogP contribution in [0.5, 0.6) is 0 Å². The molecular weight excluding hydrogens is 232 g/mol. The second kappa shape index (κ2) is 3.87. The Morgan fingerprint density at radius 3 is 1.22 bits per heavy atom. The Bertz CT molecular complexity index is 242. The van der Waals surface area contributed by atoms with Crippen LogP contribution in [0.25, 0.3) is 0 Å². The molecule has 4 fully saturated rings. The Hall–Kier alpha value is 0.217. The summed E-state index contributed by atoms with van der Waals surface area (Å²) in [6.07, 6.45) is 9.23. The summed E-state index contributed by atoms with van der Waals surface area (Å²) >= 11 is 0. The van der Waals surface area contributed by atoms with Gasteiger partial charge in [0.05, 0.1) is 8.07 Å². The minimum Gasteiger partial charge on any atom is -0.0678 e. The Labute approximate surface area is 115 Å². The molecule has 0 nitrogen and oxygen atoms in total. The van der Waals surface area contributed by atoms with Crippen LogP contribution in [0.15, 0.2) is 0 Å². The maximum Gasteiger partial charge on any atom is 0.0549 e. The van der Waals surface area contributed by atoms with Crippen molar-refractivity contribution in [1.29, 1.82) is 0 Å². The zero-order valence-electron chi connectivity index (χ0n) is 13.1. The molecule has 3 aliphatic heterocycles. The lowest BCUT2D eigenvalue weighted by Gasteiger charge is -2.70. The lowest BCUT2D eigenvalue weighted by Crippen LogP contribution is -2.64. The molecule has 4 aliphatic rings. The predicted molar refractivity (Wildman–Crippen MR) is 82.7 cm³/mol. The van der Waals surface area contributed by atoms with E-state index in [1.54, 1.807) is 43.4 Å². The Morgan fingerprint density at radius 2 is 1.00 bits per heavy atom. The highest BCUT2D eigenvalue weighted by Crippen LogP contribution is 2.74. The molecule has 3 heterocycles. The molecule has 0 spiro atoms. The smallest absolute Gasteiger partial charge is 0.0549 e. The van der Waals surface area contributed by atoms with Crippen molar-refractivity contribution in [2.45, 2.75) is 90.4 Å². The van der Waals surface area contributed by atoms with E-state index in [9.17, 15) is 0 Å². The fraction of sp³-hybridized carbons (Fsp3) is 1.00. The third kappa shape index (κ3) is 1.62. The third-order valence-corrected chi connectivity index (χ3v) is 13.5. The van der Waals surface area contributed by atoms with Crippen LogP contribution in [-0.2, 0) is 0 Å². The highest BCUT2D eigenvalue weighted by atomic mass is 28.3. The average molecular weight is 265 g/mol. The van der Waals surface area contributed by atoms with Gasteiger partial charge >= 0.3 is 0 Å². The van der Waals surface area contributed by atoms with E-state index >= 15 is 0 Å². The molecule has 104 valence electrons. The molecular formula is C17H32Si. The van der Waals surface area contributed by atoms with Gasteiger partial charge < -0.3 is 0 Å². The van der Waals surface area contributed by atoms with Crippen LogP contribution in [0, 0.1) is 16.2 Å². The second-order valence-electron chi connectivity index (χ2n) is 8.47. The van der Waals surface area contributed by atoms with Gasteiger partial charge in [-0.2, -0.15) is 0 Å². The average Bonchev–Trinajstić information content (AvgIpc) is 2.37. The summed E-state index contributed by atoms with van der Waals surface area (Å²) in [5.41, 5.74) is 2.38. The van der Waals surface area contributed by atoms with Crippen molar-refractivity contribution < 1.29 is 0 Å². The molecule has 1 aliphatic carbocycles. The fourth-order valence-electron chi connectivity index (χ4n) is 7.02. The van der Waals surface area contributed by atoms with Gasteiger partial charge in [-0.15, -0.1) is 0 Å². The van der Waals surface area contributed by atoms with Crippen LogP contribution in [-0.4, -0.2) is 8.07 Å². The molecule has 3 saturated heterocycles. The van der Waals surface area contributed by atoms with Gasteiger partial charge in [0.2, 0.25) is 0 Å². The van der Waals surface area contributed by atoms with Gasteiger partial charge in [0, 0.05) is 0 Å². The summed E-state index contributed by atoms with van der Waals surface area (Å²) in [5, 5.41) is 0. The van der Waals surface area contributed by atoms with Crippen molar-refractivity contribution in [2.24, 2.45) is 16.2 Å². The third-order valence-electron chi connectivity index (χ3n) is 7.50. The molecule has 1 heteroatoms. The molecule has 4 rings (SSSR count). The Balaban J connectivity index is 2.06. The number of hydrogen-bond acceptors (Lipinski definition) is 0. The van der Waals surface area contributed by atoms with Crippen LogP contribution in [0.4, 0.5) is 0 Å². The van der Waals surface area contributed by atoms with Crippen molar-refractivity contribution in [3.63, 3.8) is 0 Å². The highest BCUT2D eigenvalue weighted by Gasteiger charge is 2.66.